The zero-order valence-corrected chi connectivity index (χ0v) is 23.8. The van der Waals surface area contributed by atoms with Crippen molar-refractivity contribution in [3.8, 4) is 22.5 Å². The summed E-state index contributed by atoms with van der Waals surface area (Å²) in [5.74, 6) is -1.35. The van der Waals surface area contributed by atoms with Crippen LogP contribution in [-0.2, 0) is 16.6 Å². The van der Waals surface area contributed by atoms with Gasteiger partial charge in [-0.25, -0.2) is 9.97 Å². The molecule has 0 spiro atoms. The Balaban J connectivity index is 1.40. The van der Waals surface area contributed by atoms with E-state index in [1.165, 1.54) is 0 Å². The highest BCUT2D eigenvalue weighted by atomic mass is 16.4. The number of carbonyl (C=O) groups is 2. The molecule has 4 aromatic rings. The zero-order chi connectivity index (χ0) is 28.9. The number of benzene rings is 3. The maximum Gasteiger partial charge on any atom is 0.307 e. The lowest BCUT2D eigenvalue weighted by molar-refractivity contribution is -0.141. The van der Waals surface area contributed by atoms with Crippen LogP contribution in [0.5, 0.6) is 0 Å². The van der Waals surface area contributed by atoms with Gasteiger partial charge in [-0.2, -0.15) is 0 Å². The highest BCUT2D eigenvalue weighted by Crippen LogP contribution is 2.25. The van der Waals surface area contributed by atoms with E-state index in [0.717, 1.165) is 33.5 Å². The Bertz CT molecular complexity index is 1440. The Labute approximate surface area is 236 Å². The lowest BCUT2D eigenvalue weighted by atomic mass is 9.86. The first kappa shape index (κ1) is 28.7. The van der Waals surface area contributed by atoms with Gasteiger partial charge < -0.3 is 10.4 Å². The molecule has 206 valence electrons. The number of hydrogen-bond acceptors (Lipinski definition) is 5. The topological polar surface area (TPSA) is 92.2 Å². The molecule has 0 aliphatic carbocycles. The van der Waals surface area contributed by atoms with E-state index < -0.39 is 11.9 Å². The number of hydrogen-bond donors (Lipinski definition) is 2. The summed E-state index contributed by atoms with van der Waals surface area (Å²) in [5.41, 5.74) is 6.38. The summed E-state index contributed by atoms with van der Waals surface area (Å²) in [7, 11) is 0. The van der Waals surface area contributed by atoms with E-state index in [0.29, 0.717) is 17.4 Å². The standard InChI is InChI=1S/C34H37N3O3/c1-22(2)37-30-16-12-24(13-17-30)28-20-35-32(36-21-28)26-8-6-23(7-9-26)18-27(33(39)40)19-31(38)25-10-14-29(15-11-25)34(3,4)5/h6-17,20-22,27,37H,18-19H2,1-5H3,(H,39,40)/t27-/m1/s1. The van der Waals surface area contributed by atoms with Gasteiger partial charge in [0, 0.05) is 47.2 Å². The third kappa shape index (κ3) is 7.41. The fraction of sp³-hybridized carbons (Fsp3) is 0.294. The van der Waals surface area contributed by atoms with Crippen molar-refractivity contribution < 1.29 is 14.7 Å². The van der Waals surface area contributed by atoms with Gasteiger partial charge in [-0.3, -0.25) is 9.59 Å². The number of ketones is 1. The number of carbonyl (C=O) groups excluding carboxylic acids is 1. The van der Waals surface area contributed by atoms with E-state index in [-0.39, 0.29) is 24.0 Å². The van der Waals surface area contributed by atoms with E-state index in [4.69, 9.17) is 0 Å². The molecule has 0 fully saturated rings. The van der Waals surface area contributed by atoms with Crippen molar-refractivity contribution in [2.24, 2.45) is 5.92 Å². The van der Waals surface area contributed by atoms with E-state index in [9.17, 15) is 14.7 Å². The van der Waals surface area contributed by atoms with Crippen molar-refractivity contribution >= 4 is 17.4 Å². The van der Waals surface area contributed by atoms with Crippen molar-refractivity contribution in [1.82, 2.24) is 9.97 Å². The van der Waals surface area contributed by atoms with Crippen LogP contribution in [0, 0.1) is 5.92 Å². The summed E-state index contributed by atoms with van der Waals surface area (Å²) < 4.78 is 0. The van der Waals surface area contributed by atoms with Crippen LogP contribution < -0.4 is 5.32 Å². The van der Waals surface area contributed by atoms with Crippen LogP contribution in [0.1, 0.15) is 62.5 Å². The normalized spacial score (nSPS) is 12.2. The number of nitrogens with one attached hydrogen (secondary N) is 1. The van der Waals surface area contributed by atoms with Crippen molar-refractivity contribution in [1.29, 1.82) is 0 Å². The van der Waals surface area contributed by atoms with Gasteiger partial charge >= 0.3 is 5.97 Å². The Morgan fingerprint density at radius 3 is 1.90 bits per heavy atom. The van der Waals surface area contributed by atoms with Crippen LogP contribution in [0.25, 0.3) is 22.5 Å². The number of aliphatic carboxylic acids is 1. The molecule has 0 bridgehead atoms. The van der Waals surface area contributed by atoms with Gasteiger partial charge in [-0.15, -0.1) is 0 Å². The summed E-state index contributed by atoms with van der Waals surface area (Å²) in [4.78, 5) is 33.9. The lowest BCUT2D eigenvalue weighted by Crippen LogP contribution is -2.20. The first-order valence-electron chi connectivity index (χ1n) is 13.6. The Hall–Kier alpha value is -4.32. The minimum atomic E-state index is -0.976. The molecule has 6 nitrogen and oxygen atoms in total. The number of rotatable bonds is 10. The molecule has 0 aliphatic rings. The number of nitrogens with zero attached hydrogens (tertiary/aromatic N) is 2. The van der Waals surface area contributed by atoms with Crippen LogP contribution in [0.15, 0.2) is 85.2 Å². The van der Waals surface area contributed by atoms with Gasteiger partial charge in [0.25, 0.3) is 0 Å². The van der Waals surface area contributed by atoms with Crippen LogP contribution in [0.2, 0.25) is 0 Å². The molecule has 0 aliphatic heterocycles. The second-order valence-electron chi connectivity index (χ2n) is 11.6. The third-order valence-electron chi connectivity index (χ3n) is 6.87. The number of anilines is 1. The van der Waals surface area contributed by atoms with Crippen LogP contribution in [-0.4, -0.2) is 32.9 Å². The zero-order valence-electron chi connectivity index (χ0n) is 23.8. The minimum Gasteiger partial charge on any atom is -0.481 e. The van der Waals surface area contributed by atoms with Crippen LogP contribution in [0.3, 0.4) is 0 Å². The molecule has 1 heterocycles. The van der Waals surface area contributed by atoms with Gasteiger partial charge in [0.15, 0.2) is 11.6 Å². The average Bonchev–Trinajstić information content (AvgIpc) is 2.93. The number of Topliss-reactive ketones (excluding diaryl/α,β-unsaturated/α-hetero) is 1. The molecule has 6 heteroatoms. The molecule has 2 N–H and O–H groups in total. The SMILES string of the molecule is CC(C)Nc1ccc(-c2cnc(-c3ccc(C[C@H](CC(=O)c4ccc(C(C)(C)C)cc4)C(=O)O)cc3)nc2)cc1. The van der Waals surface area contributed by atoms with Crippen molar-refractivity contribution in [3.05, 3.63) is 102 Å². The molecule has 0 saturated carbocycles. The Kier molecular flexibility index (Phi) is 8.78. The van der Waals surface area contributed by atoms with Crippen molar-refractivity contribution in [2.45, 2.75) is 58.9 Å². The number of aromatic nitrogens is 2. The van der Waals surface area contributed by atoms with Gasteiger partial charge in [0.05, 0.1) is 5.92 Å². The van der Waals surface area contributed by atoms with Crippen LogP contribution in [0.4, 0.5) is 5.69 Å². The van der Waals surface area contributed by atoms with Gasteiger partial charge in [-0.1, -0.05) is 81.4 Å². The highest BCUT2D eigenvalue weighted by molar-refractivity contribution is 5.98. The maximum atomic E-state index is 12.9. The van der Waals surface area contributed by atoms with Crippen LogP contribution >= 0.6 is 0 Å². The highest BCUT2D eigenvalue weighted by Gasteiger charge is 2.23. The quantitative estimate of drug-likeness (QED) is 0.205. The molecule has 1 atom stereocenters. The maximum absolute atomic E-state index is 12.9. The molecule has 0 saturated heterocycles. The van der Waals surface area contributed by atoms with E-state index in [1.807, 2.05) is 60.7 Å². The average molecular weight is 536 g/mol. The second-order valence-corrected chi connectivity index (χ2v) is 11.6. The predicted octanol–water partition coefficient (Wildman–Crippen LogP) is 7.44. The molecule has 40 heavy (non-hydrogen) atoms. The minimum absolute atomic E-state index is 0.0122. The summed E-state index contributed by atoms with van der Waals surface area (Å²) in [5, 5.41) is 13.2. The summed E-state index contributed by atoms with van der Waals surface area (Å²) in [6.45, 7) is 10.5. The third-order valence-corrected chi connectivity index (χ3v) is 6.87. The Morgan fingerprint density at radius 1 is 0.800 bits per heavy atom. The smallest absolute Gasteiger partial charge is 0.307 e. The summed E-state index contributed by atoms with van der Waals surface area (Å²) in [6.07, 6.45) is 3.83. The van der Waals surface area contributed by atoms with E-state index >= 15 is 0 Å². The number of carboxylic acids is 1. The lowest BCUT2D eigenvalue weighted by Gasteiger charge is -2.19. The van der Waals surface area contributed by atoms with E-state index in [2.05, 4.69) is 49.9 Å². The molecule has 0 radical (unpaired) electrons. The second kappa shape index (κ2) is 12.2. The van der Waals surface area contributed by atoms with Gasteiger partial charge in [0.2, 0.25) is 0 Å². The largest absolute Gasteiger partial charge is 0.481 e. The molecule has 1 aromatic heterocycles. The first-order valence-corrected chi connectivity index (χ1v) is 13.6. The molecule has 3 aromatic carbocycles. The summed E-state index contributed by atoms with van der Waals surface area (Å²) >= 11 is 0. The van der Waals surface area contributed by atoms with Crippen molar-refractivity contribution in [2.75, 3.05) is 5.32 Å². The van der Waals surface area contributed by atoms with Crippen molar-refractivity contribution in [3.63, 3.8) is 0 Å². The molecular weight excluding hydrogens is 498 g/mol. The molecule has 4 rings (SSSR count). The van der Waals surface area contributed by atoms with E-state index in [1.54, 1.807) is 24.5 Å². The Morgan fingerprint density at radius 2 is 1.38 bits per heavy atom. The predicted molar refractivity (Wildman–Crippen MR) is 161 cm³/mol. The fourth-order valence-electron chi connectivity index (χ4n) is 4.54. The first-order chi connectivity index (χ1) is 19.0. The van der Waals surface area contributed by atoms with Gasteiger partial charge in [0.1, 0.15) is 0 Å². The monoisotopic (exact) mass is 535 g/mol. The molecule has 0 amide bonds. The molecular formula is C34H37N3O3. The summed E-state index contributed by atoms with van der Waals surface area (Å²) in [6, 6.07) is 23.6. The molecule has 0 unspecified atom stereocenters. The number of carboxylic acid groups (broad SMARTS) is 1. The van der Waals surface area contributed by atoms with Gasteiger partial charge in [-0.05, 0) is 54.5 Å². The fourth-order valence-corrected chi connectivity index (χ4v) is 4.54.